The summed E-state index contributed by atoms with van der Waals surface area (Å²) in [7, 11) is 0. The molecule has 0 aromatic heterocycles. The van der Waals surface area contributed by atoms with Crippen molar-refractivity contribution in [1.29, 1.82) is 0 Å². The Hall–Kier alpha value is -0.880. The largest absolute Gasteiger partial charge is 0.390 e. The molecule has 4 nitrogen and oxygen atoms in total. The van der Waals surface area contributed by atoms with Gasteiger partial charge in [-0.1, -0.05) is 37.5 Å². The van der Waals surface area contributed by atoms with E-state index in [1.54, 1.807) is 18.7 Å². The van der Waals surface area contributed by atoms with Crippen LogP contribution in [0.4, 0.5) is 0 Å². The molecule has 144 valence electrons. The number of Topliss-reactive ketones (excluding diaryl/α,β-unsaturated/α-hetero) is 1. The first-order chi connectivity index (χ1) is 12.5. The fourth-order valence-corrected chi connectivity index (χ4v) is 5.48. The number of nitrogens with two attached hydrogens (primary N) is 1. The number of ketones is 1. The number of thioether (sulfide) groups is 1. The molecule has 1 heterocycles. The topological polar surface area (TPSA) is 66.6 Å². The molecule has 0 amide bonds. The third-order valence-electron chi connectivity index (χ3n) is 6.07. The minimum atomic E-state index is -0.604. The molecule has 2 fully saturated rings. The molecule has 0 radical (unpaired) electrons. The van der Waals surface area contributed by atoms with E-state index in [0.717, 1.165) is 13.0 Å². The van der Waals surface area contributed by atoms with E-state index in [2.05, 4.69) is 17.0 Å². The number of piperidine rings is 1. The molecule has 1 aliphatic heterocycles. The monoisotopic (exact) mass is 376 g/mol. The molecule has 1 unspecified atom stereocenters. The maximum absolute atomic E-state index is 12.2. The smallest absolute Gasteiger partial charge is 0.146 e. The van der Waals surface area contributed by atoms with Crippen LogP contribution in [0.3, 0.4) is 0 Å². The summed E-state index contributed by atoms with van der Waals surface area (Å²) in [5, 5.41) is 10.7. The lowest BCUT2D eigenvalue weighted by Gasteiger charge is -2.46. The molecule has 0 bridgehead atoms. The van der Waals surface area contributed by atoms with Crippen LogP contribution in [0, 0.1) is 11.8 Å². The number of likely N-dealkylation sites (tertiary alicyclic amines) is 1. The molecule has 5 atom stereocenters. The third-order valence-corrected chi connectivity index (χ3v) is 7.23. The van der Waals surface area contributed by atoms with Gasteiger partial charge in [-0.25, -0.2) is 0 Å². The van der Waals surface area contributed by atoms with E-state index in [4.69, 9.17) is 5.73 Å². The number of β-amino-alcohol motifs (C(OH)–C–C–N with tert-alkyl or cyclic N) is 1. The molecule has 1 aromatic carbocycles. The fraction of sp³-hybridized carbons (Fsp3) is 0.667. The van der Waals surface area contributed by atoms with Crippen molar-refractivity contribution in [3.05, 3.63) is 30.3 Å². The van der Waals surface area contributed by atoms with Crippen molar-refractivity contribution in [1.82, 2.24) is 4.90 Å². The SMILES string of the molecule is CC(=O)C1C[C@@H]2CCCC[C@@H]2CN1C[C@@H](O)[C@@H](N)CSc1ccccc1. The van der Waals surface area contributed by atoms with E-state index in [0.29, 0.717) is 24.1 Å². The summed E-state index contributed by atoms with van der Waals surface area (Å²) in [6, 6.07) is 9.80. The molecule has 1 saturated carbocycles. The van der Waals surface area contributed by atoms with Crippen LogP contribution in [0.1, 0.15) is 39.0 Å². The van der Waals surface area contributed by atoms with Crippen LogP contribution in [0.2, 0.25) is 0 Å². The Morgan fingerprint density at radius 3 is 2.65 bits per heavy atom. The van der Waals surface area contributed by atoms with Crippen molar-refractivity contribution in [2.75, 3.05) is 18.8 Å². The number of rotatable bonds is 7. The Kier molecular flexibility index (Phi) is 7.15. The number of nitrogens with zero attached hydrogens (tertiary/aromatic N) is 1. The summed E-state index contributed by atoms with van der Waals surface area (Å²) in [5.41, 5.74) is 6.25. The number of aliphatic hydroxyl groups excluding tert-OH is 1. The number of carbonyl (C=O) groups excluding carboxylic acids is 1. The average Bonchev–Trinajstić information content (AvgIpc) is 2.66. The van der Waals surface area contributed by atoms with E-state index in [-0.39, 0.29) is 17.9 Å². The Morgan fingerprint density at radius 2 is 1.96 bits per heavy atom. The van der Waals surface area contributed by atoms with Gasteiger partial charge in [0.15, 0.2) is 0 Å². The summed E-state index contributed by atoms with van der Waals surface area (Å²) >= 11 is 1.67. The highest BCUT2D eigenvalue weighted by atomic mass is 32.2. The van der Waals surface area contributed by atoms with Gasteiger partial charge in [0, 0.05) is 29.8 Å². The second-order valence-corrected chi connectivity index (χ2v) is 9.07. The van der Waals surface area contributed by atoms with Gasteiger partial charge in [-0.3, -0.25) is 9.69 Å². The summed E-state index contributed by atoms with van der Waals surface area (Å²) in [4.78, 5) is 15.6. The van der Waals surface area contributed by atoms with Gasteiger partial charge in [0.2, 0.25) is 0 Å². The molecule has 1 aliphatic carbocycles. The average molecular weight is 377 g/mol. The van der Waals surface area contributed by atoms with Crippen LogP contribution in [-0.4, -0.2) is 52.8 Å². The highest BCUT2D eigenvalue weighted by Crippen LogP contribution is 2.38. The molecule has 2 aliphatic rings. The Bertz CT molecular complexity index is 583. The predicted molar refractivity (Wildman–Crippen MR) is 107 cm³/mol. The normalized spacial score (nSPS) is 29.0. The molecule has 1 aromatic rings. The molecular weight excluding hydrogens is 344 g/mol. The first kappa shape index (κ1) is 19.9. The standard InChI is InChI=1S/C21H32N2O2S/c1-15(24)20-11-16-7-5-6-8-17(16)12-23(20)13-21(25)19(22)14-26-18-9-3-2-4-10-18/h2-4,9-10,16-17,19-21,25H,5-8,11-14,22H2,1H3/t16-,17+,19-,20?,21+/m0/s1. The van der Waals surface area contributed by atoms with Gasteiger partial charge in [0.1, 0.15) is 5.78 Å². The van der Waals surface area contributed by atoms with Gasteiger partial charge < -0.3 is 10.8 Å². The van der Waals surface area contributed by atoms with Crippen molar-refractivity contribution in [3.8, 4) is 0 Å². The second kappa shape index (κ2) is 9.36. The molecule has 1 saturated heterocycles. The second-order valence-electron chi connectivity index (χ2n) is 7.98. The van der Waals surface area contributed by atoms with Crippen molar-refractivity contribution < 1.29 is 9.90 Å². The zero-order valence-electron chi connectivity index (χ0n) is 15.7. The van der Waals surface area contributed by atoms with Crippen molar-refractivity contribution >= 4 is 17.5 Å². The summed E-state index contributed by atoms with van der Waals surface area (Å²) in [6.07, 6.45) is 5.48. The van der Waals surface area contributed by atoms with Crippen molar-refractivity contribution in [3.63, 3.8) is 0 Å². The van der Waals surface area contributed by atoms with Gasteiger partial charge in [0.25, 0.3) is 0 Å². The highest BCUT2D eigenvalue weighted by Gasteiger charge is 2.39. The van der Waals surface area contributed by atoms with E-state index in [1.807, 2.05) is 18.2 Å². The first-order valence-corrected chi connectivity index (χ1v) is 10.9. The number of carbonyl (C=O) groups is 1. The van der Waals surface area contributed by atoms with Gasteiger partial charge in [-0.2, -0.15) is 0 Å². The van der Waals surface area contributed by atoms with Crippen LogP contribution in [0.15, 0.2) is 35.2 Å². The lowest BCUT2D eigenvalue weighted by molar-refractivity contribution is -0.126. The Morgan fingerprint density at radius 1 is 1.27 bits per heavy atom. The summed E-state index contributed by atoms with van der Waals surface area (Å²) < 4.78 is 0. The van der Waals surface area contributed by atoms with E-state index in [9.17, 15) is 9.90 Å². The number of fused-ring (bicyclic) bond motifs is 1. The van der Waals surface area contributed by atoms with Crippen LogP contribution in [0.5, 0.6) is 0 Å². The number of aliphatic hydroxyl groups is 1. The fourth-order valence-electron chi connectivity index (χ4n) is 4.52. The quantitative estimate of drug-likeness (QED) is 0.716. The summed E-state index contributed by atoms with van der Waals surface area (Å²) in [6.45, 7) is 3.13. The minimum absolute atomic E-state index is 0.0435. The summed E-state index contributed by atoms with van der Waals surface area (Å²) in [5.74, 6) is 2.28. The van der Waals surface area contributed by atoms with E-state index in [1.165, 1.54) is 30.6 Å². The molecule has 3 rings (SSSR count). The van der Waals surface area contributed by atoms with Gasteiger partial charge >= 0.3 is 0 Å². The predicted octanol–water partition coefficient (Wildman–Crippen LogP) is 2.94. The Labute approximate surface area is 161 Å². The maximum atomic E-state index is 12.2. The van der Waals surface area contributed by atoms with E-state index < -0.39 is 6.10 Å². The van der Waals surface area contributed by atoms with Gasteiger partial charge in [0.05, 0.1) is 12.1 Å². The number of hydrogen-bond acceptors (Lipinski definition) is 5. The Balaban J connectivity index is 1.55. The maximum Gasteiger partial charge on any atom is 0.146 e. The minimum Gasteiger partial charge on any atom is -0.390 e. The zero-order chi connectivity index (χ0) is 18.5. The molecule has 26 heavy (non-hydrogen) atoms. The van der Waals surface area contributed by atoms with Crippen molar-refractivity contribution in [2.24, 2.45) is 17.6 Å². The molecule has 0 spiro atoms. The van der Waals surface area contributed by atoms with Crippen LogP contribution in [0.25, 0.3) is 0 Å². The third kappa shape index (κ3) is 5.10. The first-order valence-electron chi connectivity index (χ1n) is 9.90. The lowest BCUT2D eigenvalue weighted by atomic mass is 9.72. The highest BCUT2D eigenvalue weighted by molar-refractivity contribution is 7.99. The van der Waals surface area contributed by atoms with Crippen LogP contribution < -0.4 is 5.73 Å². The van der Waals surface area contributed by atoms with Crippen molar-refractivity contribution in [2.45, 2.75) is 62.1 Å². The van der Waals surface area contributed by atoms with Gasteiger partial charge in [-0.05, 0) is 43.7 Å². The number of benzene rings is 1. The van der Waals surface area contributed by atoms with Gasteiger partial charge in [-0.15, -0.1) is 11.8 Å². The lowest BCUT2D eigenvalue weighted by Crippen LogP contribution is -2.55. The zero-order valence-corrected chi connectivity index (χ0v) is 16.5. The molecular formula is C21H32N2O2S. The van der Waals surface area contributed by atoms with E-state index >= 15 is 0 Å². The number of hydrogen-bond donors (Lipinski definition) is 2. The van der Waals surface area contributed by atoms with Crippen LogP contribution in [-0.2, 0) is 4.79 Å². The molecule has 3 N–H and O–H groups in total. The molecule has 5 heteroatoms. The van der Waals surface area contributed by atoms with Crippen LogP contribution >= 0.6 is 11.8 Å².